The molecule has 49 heavy (non-hydrogen) atoms. The molecule has 0 radical (unpaired) electrons. The maximum Gasteiger partial charge on any atom is 0.416 e. The van der Waals surface area contributed by atoms with Crippen LogP contribution >= 0.6 is 22.6 Å². The molecule has 5 rings (SSSR count). The first-order chi connectivity index (χ1) is 22.8. The van der Waals surface area contributed by atoms with Gasteiger partial charge in [-0.25, -0.2) is 4.79 Å². The zero-order chi connectivity index (χ0) is 36.1. The minimum absolute atomic E-state index is 0.0237. The topological polar surface area (TPSA) is 46.6 Å². The molecule has 1 saturated heterocycles. The van der Waals surface area contributed by atoms with Crippen LogP contribution < -0.4 is 0 Å². The molecule has 0 bridgehead atoms. The van der Waals surface area contributed by atoms with Gasteiger partial charge >= 0.3 is 24.6 Å². The van der Waals surface area contributed by atoms with Gasteiger partial charge < -0.3 is 4.74 Å². The van der Waals surface area contributed by atoms with Gasteiger partial charge in [0.1, 0.15) is 12.4 Å². The summed E-state index contributed by atoms with van der Waals surface area (Å²) in [6.07, 6.45) is -17.1. The number of aryl methyl sites for hydroxylation is 1. The third kappa shape index (κ3) is 7.58. The van der Waals surface area contributed by atoms with Crippen molar-refractivity contribution >= 4 is 35.0 Å². The van der Waals surface area contributed by atoms with Crippen molar-refractivity contribution in [1.29, 1.82) is 0 Å². The van der Waals surface area contributed by atoms with Crippen molar-refractivity contribution in [3.05, 3.63) is 117 Å². The number of alkyl halides is 10. The summed E-state index contributed by atoms with van der Waals surface area (Å²) in [7, 11) is 0. The van der Waals surface area contributed by atoms with Gasteiger partial charge in [-0.3, -0.25) is 9.69 Å². The second-order valence-electron chi connectivity index (χ2n) is 11.6. The van der Waals surface area contributed by atoms with Gasteiger partial charge in [0.05, 0.1) is 29.3 Å². The average molecular weight is 805 g/mol. The van der Waals surface area contributed by atoms with Gasteiger partial charge in [-0.05, 0) is 101 Å². The normalized spacial score (nSPS) is 17.0. The minimum Gasteiger partial charge on any atom is -0.439 e. The number of nitrogens with zero attached hydrogens (tertiary/aromatic N) is 1. The van der Waals surface area contributed by atoms with Crippen LogP contribution in [0.3, 0.4) is 0 Å². The van der Waals surface area contributed by atoms with Crippen LogP contribution in [-0.4, -0.2) is 23.3 Å². The fourth-order valence-corrected chi connectivity index (χ4v) is 6.51. The second-order valence-corrected chi connectivity index (χ2v) is 12.3. The van der Waals surface area contributed by atoms with E-state index in [1.165, 1.54) is 13.0 Å². The lowest BCUT2D eigenvalue weighted by molar-refractivity contribution is -0.143. The molecule has 258 valence electrons. The predicted molar refractivity (Wildman–Crippen MR) is 171 cm³/mol. The molecule has 4 aromatic carbocycles. The van der Waals surface area contributed by atoms with Gasteiger partial charge in [-0.1, -0.05) is 52.9 Å². The lowest BCUT2D eigenvalue weighted by atomic mass is 9.90. The van der Waals surface area contributed by atoms with E-state index in [1.807, 2.05) is 6.07 Å². The van der Waals surface area contributed by atoms with Crippen LogP contribution in [-0.2, 0) is 34.2 Å². The molecule has 0 aliphatic carbocycles. The lowest BCUT2D eigenvalue weighted by Gasteiger charge is -2.24. The van der Waals surface area contributed by atoms with Gasteiger partial charge in [0.25, 0.3) is 0 Å². The van der Waals surface area contributed by atoms with E-state index in [0.717, 1.165) is 33.7 Å². The van der Waals surface area contributed by atoms with Gasteiger partial charge in [0, 0.05) is 9.99 Å². The van der Waals surface area contributed by atoms with E-state index < -0.39 is 65.6 Å². The molecule has 0 unspecified atom stereocenters. The first-order valence-electron chi connectivity index (χ1n) is 14.5. The SMILES string of the molecule is Cc1cc(C=O)ccc1-c1ccc(CI)c(-c2ccc(C(F)(F)F)cc2CN2C(=O)O[C@H](c3cc(C(F)(F)F)cc(C(F)(F)F)c3)[C@@H]2C)c1. The van der Waals surface area contributed by atoms with Crippen LogP contribution in [0.1, 0.15) is 62.3 Å². The monoisotopic (exact) mass is 805 g/mol. The number of carbonyl (C=O) groups is 2. The van der Waals surface area contributed by atoms with Crippen molar-refractivity contribution in [2.24, 2.45) is 0 Å². The van der Waals surface area contributed by atoms with E-state index in [0.29, 0.717) is 45.1 Å². The Bertz CT molecular complexity index is 1890. The Morgan fingerprint density at radius 3 is 1.90 bits per heavy atom. The summed E-state index contributed by atoms with van der Waals surface area (Å²) in [5.74, 6) is 0. The van der Waals surface area contributed by atoms with Crippen molar-refractivity contribution in [2.75, 3.05) is 0 Å². The molecule has 1 fully saturated rings. The largest absolute Gasteiger partial charge is 0.439 e. The molecule has 1 aliphatic heterocycles. The molecular weight excluding hydrogens is 780 g/mol. The first-order valence-corrected chi connectivity index (χ1v) is 16.1. The number of carbonyl (C=O) groups excluding carboxylic acids is 2. The van der Waals surface area contributed by atoms with E-state index in [-0.39, 0.29) is 11.6 Å². The summed E-state index contributed by atoms with van der Waals surface area (Å²) in [6, 6.07) is 13.2. The van der Waals surface area contributed by atoms with Crippen LogP contribution in [0.15, 0.2) is 72.8 Å². The molecule has 1 amide bonds. The molecule has 4 aromatic rings. The number of cyclic esters (lactones) is 1. The lowest BCUT2D eigenvalue weighted by Crippen LogP contribution is -2.32. The number of benzene rings is 4. The van der Waals surface area contributed by atoms with Gasteiger partial charge in [-0.15, -0.1) is 0 Å². The highest BCUT2D eigenvalue weighted by Crippen LogP contribution is 2.43. The third-order valence-electron chi connectivity index (χ3n) is 8.35. The average Bonchev–Trinajstić information content (AvgIpc) is 3.31. The highest BCUT2D eigenvalue weighted by atomic mass is 127. The van der Waals surface area contributed by atoms with Gasteiger partial charge in [0.15, 0.2) is 0 Å². The van der Waals surface area contributed by atoms with Gasteiger partial charge in [0.2, 0.25) is 0 Å². The molecule has 2 atom stereocenters. The molecule has 0 N–H and O–H groups in total. The van der Waals surface area contributed by atoms with Crippen molar-refractivity contribution in [2.45, 2.75) is 55.5 Å². The Balaban J connectivity index is 1.59. The number of aldehydes is 1. The molecule has 0 spiro atoms. The summed E-state index contributed by atoms with van der Waals surface area (Å²) >= 11 is 2.10. The van der Waals surface area contributed by atoms with E-state index in [9.17, 15) is 49.1 Å². The zero-order valence-electron chi connectivity index (χ0n) is 25.5. The molecule has 1 aliphatic rings. The Morgan fingerprint density at radius 2 is 1.35 bits per heavy atom. The van der Waals surface area contributed by atoms with Crippen LogP contribution in [0.2, 0.25) is 0 Å². The number of rotatable bonds is 7. The number of amides is 1. The summed E-state index contributed by atoms with van der Waals surface area (Å²) in [5, 5.41) is 0. The maximum absolute atomic E-state index is 13.9. The standard InChI is InChI=1S/C35H25F9INO3/c1-18-9-20(17-47)3-7-28(18)21-4-5-22(15-45)30(13-21)29-8-6-25(33(36,37)38)12-24(29)16-46-19(2)31(49-32(46)48)23-10-26(34(39,40)41)14-27(11-23)35(42,43)44/h3-14,17,19,31H,15-16H2,1-2H3/t19-,31-/m0/s1. The van der Waals surface area contributed by atoms with E-state index in [2.05, 4.69) is 22.6 Å². The van der Waals surface area contributed by atoms with Crippen molar-refractivity contribution < 1.29 is 53.8 Å². The molecule has 4 nitrogen and oxygen atoms in total. The molecule has 1 heterocycles. The van der Waals surface area contributed by atoms with Crippen molar-refractivity contribution in [1.82, 2.24) is 4.90 Å². The van der Waals surface area contributed by atoms with Crippen LogP contribution in [0, 0.1) is 6.92 Å². The smallest absolute Gasteiger partial charge is 0.416 e. The fourth-order valence-electron chi connectivity index (χ4n) is 5.85. The molecule has 14 heteroatoms. The number of hydrogen-bond acceptors (Lipinski definition) is 3. The Hall–Kier alpha value is -4.08. The van der Waals surface area contributed by atoms with Crippen LogP contribution in [0.4, 0.5) is 44.3 Å². The highest BCUT2D eigenvalue weighted by Gasteiger charge is 2.44. The summed E-state index contributed by atoms with van der Waals surface area (Å²) in [6.45, 7) is 2.63. The van der Waals surface area contributed by atoms with Gasteiger partial charge in [-0.2, -0.15) is 39.5 Å². The van der Waals surface area contributed by atoms with Crippen molar-refractivity contribution in [3.63, 3.8) is 0 Å². The zero-order valence-corrected chi connectivity index (χ0v) is 27.7. The molecule has 0 saturated carbocycles. The molecular formula is C35H25F9INO3. The van der Waals surface area contributed by atoms with Crippen LogP contribution in [0.25, 0.3) is 22.3 Å². The quantitative estimate of drug-likeness (QED) is 0.0809. The highest BCUT2D eigenvalue weighted by molar-refractivity contribution is 14.1. The Labute approximate surface area is 288 Å². The van der Waals surface area contributed by atoms with E-state index in [1.54, 1.807) is 37.3 Å². The summed E-state index contributed by atoms with van der Waals surface area (Å²) in [4.78, 5) is 25.4. The maximum atomic E-state index is 13.9. The summed E-state index contributed by atoms with van der Waals surface area (Å²) in [5.41, 5.74) is -0.459. The number of hydrogen-bond donors (Lipinski definition) is 0. The molecule has 0 aromatic heterocycles. The number of halogens is 10. The predicted octanol–water partition coefficient (Wildman–Crippen LogP) is 11.2. The number of ether oxygens (including phenoxy) is 1. The van der Waals surface area contributed by atoms with E-state index in [4.69, 9.17) is 4.74 Å². The fraction of sp³-hybridized carbons (Fsp3) is 0.257. The van der Waals surface area contributed by atoms with Crippen LogP contribution in [0.5, 0.6) is 0 Å². The third-order valence-corrected chi connectivity index (χ3v) is 9.17. The van der Waals surface area contributed by atoms with E-state index >= 15 is 0 Å². The van der Waals surface area contributed by atoms with Crippen molar-refractivity contribution in [3.8, 4) is 22.3 Å². The Morgan fingerprint density at radius 1 is 0.735 bits per heavy atom. The first kappa shape index (κ1) is 36.2. The second kappa shape index (κ2) is 13.3. The Kier molecular flexibility index (Phi) is 9.85. The minimum atomic E-state index is -5.14. The summed E-state index contributed by atoms with van der Waals surface area (Å²) < 4.78 is 129.